The summed E-state index contributed by atoms with van der Waals surface area (Å²) < 4.78 is 0. The van der Waals surface area contributed by atoms with Crippen molar-refractivity contribution in [3.8, 4) is 0 Å². The summed E-state index contributed by atoms with van der Waals surface area (Å²) in [5.74, 6) is -0.0969. The van der Waals surface area contributed by atoms with Gasteiger partial charge in [-0.2, -0.15) is 0 Å². The lowest BCUT2D eigenvalue weighted by molar-refractivity contribution is -0.117. The number of nitrogens with zero attached hydrogens (tertiary/aromatic N) is 3. The van der Waals surface area contributed by atoms with Gasteiger partial charge in [0, 0.05) is 50.5 Å². The molecule has 28 heavy (non-hydrogen) atoms. The van der Waals surface area contributed by atoms with Gasteiger partial charge in [-0.3, -0.25) is 14.7 Å². The molecule has 6 nitrogen and oxygen atoms in total. The summed E-state index contributed by atoms with van der Waals surface area (Å²) in [5.41, 5.74) is 6.05. The van der Waals surface area contributed by atoms with Gasteiger partial charge in [0.15, 0.2) is 0 Å². The van der Waals surface area contributed by atoms with Gasteiger partial charge in [0.2, 0.25) is 5.91 Å². The molecule has 1 atom stereocenters. The third-order valence-electron chi connectivity index (χ3n) is 5.54. The number of carbonyl (C=O) groups excluding carboxylic acids is 1. The van der Waals surface area contributed by atoms with E-state index in [2.05, 4.69) is 51.3 Å². The number of anilines is 2. The first-order chi connectivity index (χ1) is 13.6. The summed E-state index contributed by atoms with van der Waals surface area (Å²) in [6.07, 6.45) is 3.56. The van der Waals surface area contributed by atoms with Crippen molar-refractivity contribution in [2.45, 2.75) is 19.4 Å². The van der Waals surface area contributed by atoms with Crippen molar-refractivity contribution >= 4 is 17.3 Å². The second-order valence-corrected chi connectivity index (χ2v) is 7.63. The molecule has 1 amide bonds. The van der Waals surface area contributed by atoms with Gasteiger partial charge in [0.1, 0.15) is 0 Å². The van der Waals surface area contributed by atoms with E-state index in [0.29, 0.717) is 5.69 Å². The van der Waals surface area contributed by atoms with Gasteiger partial charge < -0.3 is 15.3 Å². The quantitative estimate of drug-likeness (QED) is 0.755. The molecule has 0 saturated carbocycles. The highest BCUT2D eigenvalue weighted by molar-refractivity contribution is 5.90. The van der Waals surface area contributed by atoms with Crippen LogP contribution in [0.1, 0.15) is 12.0 Å². The Morgan fingerprint density at radius 2 is 1.86 bits per heavy atom. The number of amides is 1. The molecule has 4 rings (SSSR count). The molecule has 0 spiro atoms. The average Bonchev–Trinajstić information content (AvgIpc) is 3.27. The number of pyridine rings is 1. The Bertz CT molecular complexity index is 846. The van der Waals surface area contributed by atoms with Crippen molar-refractivity contribution in [3.05, 3.63) is 65.5 Å². The Morgan fingerprint density at radius 1 is 1.14 bits per heavy atom. The fourth-order valence-electron chi connectivity index (χ4n) is 3.98. The summed E-state index contributed by atoms with van der Waals surface area (Å²) >= 11 is 0. The van der Waals surface area contributed by atoms with Crippen molar-refractivity contribution in [2.75, 3.05) is 43.0 Å². The van der Waals surface area contributed by atoms with Gasteiger partial charge >= 0.3 is 0 Å². The first-order valence-corrected chi connectivity index (χ1v) is 9.68. The Kier molecular flexibility index (Phi) is 5.41. The Morgan fingerprint density at radius 3 is 2.46 bits per heavy atom. The predicted octanol–water partition coefficient (Wildman–Crippen LogP) is 2.21. The standard InChI is InChI=1S/C22H26N4O2/c1-16-4-6-20(7-5-16)25-11-17-13-26(14-18(17)12-25)21(15-27)9-22(28)24-19-3-2-8-23-10-19/h2-8,10,21,27H,9,11-15H2,1H3,(H,24,28). The molecule has 2 aliphatic heterocycles. The van der Waals surface area contributed by atoms with Crippen LogP contribution in [0, 0.1) is 6.92 Å². The van der Waals surface area contributed by atoms with Crippen LogP contribution in [0.5, 0.6) is 0 Å². The van der Waals surface area contributed by atoms with Crippen LogP contribution in [0.15, 0.2) is 59.9 Å². The van der Waals surface area contributed by atoms with Crippen LogP contribution in [0.3, 0.4) is 0 Å². The summed E-state index contributed by atoms with van der Waals surface area (Å²) in [5, 5.41) is 12.7. The number of carbonyl (C=O) groups is 1. The minimum atomic E-state index is -0.171. The molecule has 0 bridgehead atoms. The summed E-state index contributed by atoms with van der Waals surface area (Å²) in [4.78, 5) is 21.0. The molecule has 0 saturated heterocycles. The summed E-state index contributed by atoms with van der Waals surface area (Å²) in [7, 11) is 0. The Balaban J connectivity index is 1.31. The summed E-state index contributed by atoms with van der Waals surface area (Å²) in [6, 6.07) is 12.1. The zero-order valence-corrected chi connectivity index (χ0v) is 16.1. The molecule has 146 valence electrons. The van der Waals surface area contributed by atoms with Crippen LogP contribution >= 0.6 is 0 Å². The van der Waals surface area contributed by atoms with Crippen LogP contribution < -0.4 is 10.2 Å². The van der Waals surface area contributed by atoms with Crippen LogP contribution in [0.25, 0.3) is 0 Å². The average molecular weight is 378 g/mol. The number of aryl methyl sites for hydroxylation is 1. The molecule has 1 aromatic heterocycles. The van der Waals surface area contributed by atoms with E-state index in [1.165, 1.54) is 22.4 Å². The normalized spacial score (nSPS) is 17.7. The maximum Gasteiger partial charge on any atom is 0.226 e. The number of hydrogen-bond acceptors (Lipinski definition) is 5. The topological polar surface area (TPSA) is 68.7 Å². The first-order valence-electron chi connectivity index (χ1n) is 9.68. The highest BCUT2D eigenvalue weighted by atomic mass is 16.3. The van der Waals surface area contributed by atoms with Crippen molar-refractivity contribution in [3.63, 3.8) is 0 Å². The maximum absolute atomic E-state index is 12.4. The van der Waals surface area contributed by atoms with E-state index >= 15 is 0 Å². The predicted molar refractivity (Wildman–Crippen MR) is 110 cm³/mol. The van der Waals surface area contributed by atoms with Gasteiger partial charge in [-0.25, -0.2) is 0 Å². The molecular formula is C22H26N4O2. The number of aliphatic hydroxyl groups is 1. The molecule has 0 fully saturated rings. The molecule has 0 aliphatic carbocycles. The molecule has 1 aromatic carbocycles. The van der Waals surface area contributed by atoms with Gasteiger partial charge in [-0.15, -0.1) is 0 Å². The van der Waals surface area contributed by atoms with Crippen molar-refractivity contribution in [2.24, 2.45) is 0 Å². The molecule has 2 aromatic rings. The van der Waals surface area contributed by atoms with E-state index in [4.69, 9.17) is 0 Å². The second-order valence-electron chi connectivity index (χ2n) is 7.63. The number of aromatic nitrogens is 1. The molecular weight excluding hydrogens is 352 g/mol. The second kappa shape index (κ2) is 8.12. The molecule has 2 N–H and O–H groups in total. The third kappa shape index (κ3) is 4.08. The van der Waals surface area contributed by atoms with Crippen molar-refractivity contribution in [1.82, 2.24) is 9.88 Å². The van der Waals surface area contributed by atoms with Gasteiger partial charge in [-0.1, -0.05) is 17.7 Å². The van der Waals surface area contributed by atoms with E-state index < -0.39 is 0 Å². The molecule has 3 heterocycles. The van der Waals surface area contributed by atoms with Crippen molar-refractivity contribution < 1.29 is 9.90 Å². The van der Waals surface area contributed by atoms with E-state index in [0.717, 1.165) is 26.2 Å². The number of hydrogen-bond donors (Lipinski definition) is 2. The van der Waals surface area contributed by atoms with Crippen LogP contribution in [-0.4, -0.2) is 59.7 Å². The SMILES string of the molecule is Cc1ccc(N2CC3=C(C2)CN(C(CO)CC(=O)Nc2cccnc2)C3)cc1. The van der Waals surface area contributed by atoms with Gasteiger partial charge in [0.25, 0.3) is 0 Å². The van der Waals surface area contributed by atoms with E-state index in [1.54, 1.807) is 18.5 Å². The highest BCUT2D eigenvalue weighted by Gasteiger charge is 2.33. The van der Waals surface area contributed by atoms with Crippen LogP contribution in [0.4, 0.5) is 11.4 Å². The minimum Gasteiger partial charge on any atom is -0.395 e. The van der Waals surface area contributed by atoms with Gasteiger partial charge in [-0.05, 0) is 42.3 Å². The number of aliphatic hydroxyl groups excluding tert-OH is 1. The maximum atomic E-state index is 12.4. The molecule has 2 aliphatic rings. The minimum absolute atomic E-state index is 0.0251. The highest BCUT2D eigenvalue weighted by Crippen LogP contribution is 2.31. The number of rotatable bonds is 6. The first kappa shape index (κ1) is 18.7. The number of benzene rings is 1. The lowest BCUT2D eigenvalue weighted by Gasteiger charge is -2.29. The third-order valence-corrected chi connectivity index (χ3v) is 5.54. The van der Waals surface area contributed by atoms with Crippen LogP contribution in [-0.2, 0) is 4.79 Å². The van der Waals surface area contributed by atoms with E-state index in [-0.39, 0.29) is 25.0 Å². The molecule has 6 heteroatoms. The number of nitrogens with one attached hydrogen (secondary N) is 1. The zero-order chi connectivity index (χ0) is 19.5. The fourth-order valence-corrected chi connectivity index (χ4v) is 3.98. The monoisotopic (exact) mass is 378 g/mol. The lowest BCUT2D eigenvalue weighted by Crippen LogP contribution is -2.41. The van der Waals surface area contributed by atoms with E-state index in [1.807, 2.05) is 6.07 Å². The van der Waals surface area contributed by atoms with E-state index in [9.17, 15) is 9.90 Å². The fraction of sp³-hybridized carbons (Fsp3) is 0.364. The Hall–Kier alpha value is -2.70. The largest absolute Gasteiger partial charge is 0.395 e. The van der Waals surface area contributed by atoms with Crippen LogP contribution in [0.2, 0.25) is 0 Å². The lowest BCUT2D eigenvalue weighted by atomic mass is 10.1. The molecule has 1 unspecified atom stereocenters. The van der Waals surface area contributed by atoms with Gasteiger partial charge in [0.05, 0.1) is 18.5 Å². The Labute approximate surface area is 165 Å². The van der Waals surface area contributed by atoms with Crippen molar-refractivity contribution in [1.29, 1.82) is 0 Å². The smallest absolute Gasteiger partial charge is 0.226 e. The molecule has 0 radical (unpaired) electrons. The zero-order valence-electron chi connectivity index (χ0n) is 16.1. The summed E-state index contributed by atoms with van der Waals surface area (Å²) in [6.45, 7) is 5.57.